The van der Waals surface area contributed by atoms with Crippen LogP contribution in [0.15, 0.2) is 17.7 Å². The van der Waals surface area contributed by atoms with Crippen LogP contribution in [0.3, 0.4) is 0 Å². The molecule has 1 heterocycles. The number of phenols is 1. The number of hydrogen-bond donors (Lipinski definition) is 5. The lowest BCUT2D eigenvalue weighted by atomic mass is 9.54. The van der Waals surface area contributed by atoms with E-state index in [-0.39, 0.29) is 42.1 Å². The molecule has 2 saturated carbocycles. The Hall–Kier alpha value is -3.16. The molecule has 6 atom stereocenters. The molecule has 4 aliphatic rings. The number of nitrogens with two attached hydrogens (primary N) is 1. The fourth-order valence-electron chi connectivity index (χ4n) is 7.16. The number of hydrogen-bond acceptors (Lipinski definition) is 11. The predicted octanol–water partition coefficient (Wildman–Crippen LogP) is -1.44. The van der Waals surface area contributed by atoms with Gasteiger partial charge in [0.15, 0.2) is 17.2 Å². The number of carbonyl (C=O) groups is 4. The highest BCUT2D eigenvalue weighted by molar-refractivity contribution is 6.25. The van der Waals surface area contributed by atoms with E-state index in [1.165, 1.54) is 17.0 Å². The highest BCUT2D eigenvalue weighted by atomic mass is 16.3. The summed E-state index contributed by atoms with van der Waals surface area (Å²) in [5, 5.41) is 44.7. The molecule has 1 aliphatic heterocycles. The molecule has 12 heteroatoms. The van der Waals surface area contributed by atoms with Crippen molar-refractivity contribution in [3.8, 4) is 5.75 Å². The highest BCUT2D eigenvalue weighted by Gasteiger charge is 2.67. The largest absolute Gasteiger partial charge is 0.507 e. The first-order valence-corrected chi connectivity index (χ1v) is 13.5. The Labute approximate surface area is 231 Å². The molecule has 3 fully saturated rings. The first kappa shape index (κ1) is 28.4. The van der Waals surface area contributed by atoms with Gasteiger partial charge in [-0.1, -0.05) is 0 Å². The fraction of sp³-hybridized carbons (Fsp3) is 0.571. The molecular weight excluding hydrogens is 520 g/mol. The van der Waals surface area contributed by atoms with E-state index in [0.717, 1.165) is 26.2 Å². The molecule has 40 heavy (non-hydrogen) atoms. The van der Waals surface area contributed by atoms with Crippen molar-refractivity contribution < 1.29 is 39.6 Å². The van der Waals surface area contributed by atoms with Gasteiger partial charge in [0, 0.05) is 49.3 Å². The number of ketones is 3. The molecule has 3 aliphatic carbocycles. The second kappa shape index (κ2) is 10.0. The fourth-order valence-corrected chi connectivity index (χ4v) is 7.16. The van der Waals surface area contributed by atoms with Gasteiger partial charge in [0.25, 0.3) is 0 Å². The van der Waals surface area contributed by atoms with E-state index >= 15 is 0 Å². The zero-order valence-electron chi connectivity index (χ0n) is 22.8. The number of phenolic OH excluding ortho intramolecular Hbond substituents is 1. The number of aliphatic hydroxyl groups excluding tert-OH is 2. The van der Waals surface area contributed by atoms with Crippen LogP contribution in [-0.4, -0.2) is 130 Å². The maximum atomic E-state index is 13.9. The van der Waals surface area contributed by atoms with Gasteiger partial charge in [-0.25, -0.2) is 0 Å². The van der Waals surface area contributed by atoms with Gasteiger partial charge in [0.05, 0.1) is 18.2 Å². The van der Waals surface area contributed by atoms with Crippen LogP contribution in [0.25, 0.3) is 5.76 Å². The molecule has 1 saturated heterocycles. The average Bonchev–Trinajstić information content (AvgIpc) is 2.87. The quantitative estimate of drug-likeness (QED) is 0.211. The van der Waals surface area contributed by atoms with Gasteiger partial charge in [-0.3, -0.25) is 24.1 Å². The van der Waals surface area contributed by atoms with Gasteiger partial charge >= 0.3 is 0 Å². The summed E-state index contributed by atoms with van der Waals surface area (Å²) >= 11 is 0. The molecule has 5 rings (SSSR count). The first-order valence-electron chi connectivity index (χ1n) is 13.5. The van der Waals surface area contributed by atoms with E-state index in [1.54, 1.807) is 14.1 Å². The Morgan fingerprint density at radius 2 is 1.77 bits per heavy atom. The number of Topliss-reactive ketones (excluding diaryl/α,β-unsaturated/α-hetero) is 3. The van der Waals surface area contributed by atoms with Crippen molar-refractivity contribution >= 4 is 29.0 Å². The lowest BCUT2D eigenvalue weighted by molar-refractivity contribution is -0.184. The number of aromatic hydroxyl groups is 1. The maximum Gasteiger partial charge on any atom is 0.230 e. The smallest absolute Gasteiger partial charge is 0.230 e. The lowest BCUT2D eigenvalue weighted by Gasteiger charge is -2.53. The Kier molecular flexibility index (Phi) is 7.12. The molecule has 0 radical (unpaired) electrons. The summed E-state index contributed by atoms with van der Waals surface area (Å²) in [4.78, 5) is 58.7. The summed E-state index contributed by atoms with van der Waals surface area (Å²) in [6, 6.07) is 1.82. The summed E-state index contributed by atoms with van der Waals surface area (Å²) in [6.45, 7) is 3.27. The van der Waals surface area contributed by atoms with Crippen LogP contribution in [0.1, 0.15) is 27.9 Å². The van der Waals surface area contributed by atoms with Crippen LogP contribution < -0.4 is 5.73 Å². The zero-order chi connectivity index (χ0) is 29.3. The van der Waals surface area contributed by atoms with Crippen LogP contribution >= 0.6 is 0 Å². The minimum atomic E-state index is -2.71. The summed E-state index contributed by atoms with van der Waals surface area (Å²) in [7, 11) is 5.21. The molecule has 0 spiro atoms. The van der Waals surface area contributed by atoms with Gasteiger partial charge in [0.2, 0.25) is 11.7 Å². The number of aliphatic hydroxyl groups is 3. The minimum absolute atomic E-state index is 0.0000513. The van der Waals surface area contributed by atoms with Crippen LogP contribution in [0.2, 0.25) is 0 Å². The number of fused-ring (bicyclic) bond motifs is 3. The maximum absolute atomic E-state index is 13.9. The topological polar surface area (TPSA) is 185 Å². The number of nitrogens with zero attached hydrogens (tertiary/aromatic N) is 3. The third-order valence-corrected chi connectivity index (χ3v) is 9.24. The SMILES string of the molecule is CN1CCN(CC(=O)c2ccc(O)c3c2C[C@H]2C[C@H]4[C@H](N(C)C)C(O)C(C(N)=O)C(=O)[C@@]4(O)C(=O)C2=C3O)CC1. The predicted molar refractivity (Wildman–Crippen MR) is 142 cm³/mol. The van der Waals surface area contributed by atoms with Crippen molar-refractivity contribution in [3.63, 3.8) is 0 Å². The number of piperazine rings is 1. The molecular formula is C28H36N4O8. The van der Waals surface area contributed by atoms with Gasteiger partial charge in [-0.15, -0.1) is 0 Å². The Morgan fingerprint density at radius 1 is 1.12 bits per heavy atom. The van der Waals surface area contributed by atoms with Crippen LogP contribution in [-0.2, 0) is 20.8 Å². The highest BCUT2D eigenvalue weighted by Crippen LogP contribution is 2.52. The number of benzene rings is 1. The van der Waals surface area contributed by atoms with Crippen molar-refractivity contribution in [1.29, 1.82) is 0 Å². The standard InChI is InChI=1S/C28H36N4O8/c1-30(2)22-16-11-13-10-15-14(18(34)12-32-8-6-31(3)7-9-32)4-5-17(33)20(15)23(35)19(13)25(37)28(16,40)26(38)21(24(22)36)27(29)39/h4-5,13,16,21-22,24,33,35-36,40H,6-12H2,1-3H3,(H2,29,39)/t13-,16-,21?,22-,24?,28-/m0/s1. The third-order valence-electron chi connectivity index (χ3n) is 9.24. The van der Waals surface area contributed by atoms with E-state index in [9.17, 15) is 39.6 Å². The van der Waals surface area contributed by atoms with E-state index in [0.29, 0.717) is 11.1 Å². The molecule has 6 N–H and O–H groups in total. The Balaban J connectivity index is 1.58. The monoisotopic (exact) mass is 556 g/mol. The Bertz CT molecular complexity index is 1320. The van der Waals surface area contributed by atoms with E-state index in [4.69, 9.17) is 5.73 Å². The van der Waals surface area contributed by atoms with E-state index < -0.39 is 58.7 Å². The summed E-state index contributed by atoms with van der Waals surface area (Å²) in [5.74, 6) is -8.23. The van der Waals surface area contributed by atoms with Crippen molar-refractivity contribution in [3.05, 3.63) is 34.4 Å². The van der Waals surface area contributed by atoms with Crippen molar-refractivity contribution in [2.24, 2.45) is 23.5 Å². The van der Waals surface area contributed by atoms with Gasteiger partial charge in [-0.2, -0.15) is 0 Å². The van der Waals surface area contributed by atoms with Crippen LogP contribution in [0.4, 0.5) is 0 Å². The van der Waals surface area contributed by atoms with Gasteiger partial charge < -0.3 is 36.0 Å². The molecule has 0 aromatic heterocycles. The van der Waals surface area contributed by atoms with E-state index in [1.807, 2.05) is 11.9 Å². The number of amides is 1. The number of primary amides is 1. The van der Waals surface area contributed by atoms with Gasteiger partial charge in [0.1, 0.15) is 17.4 Å². The number of carbonyl (C=O) groups excluding carboxylic acids is 4. The van der Waals surface area contributed by atoms with Crippen molar-refractivity contribution in [1.82, 2.24) is 14.7 Å². The second-order valence-corrected chi connectivity index (χ2v) is 11.8. The lowest BCUT2D eigenvalue weighted by Crippen LogP contribution is -2.73. The summed E-state index contributed by atoms with van der Waals surface area (Å²) in [6.07, 6.45) is -1.47. The number of likely N-dealkylation sites (N-methyl/N-ethyl adjacent to an activating group) is 2. The third kappa shape index (κ3) is 4.17. The normalized spacial score (nSPS) is 33.0. The summed E-state index contributed by atoms with van der Waals surface area (Å²) in [5.41, 5.74) is 3.09. The molecule has 1 aromatic rings. The van der Waals surface area contributed by atoms with Gasteiger partial charge in [-0.05, 0) is 57.6 Å². The second-order valence-electron chi connectivity index (χ2n) is 11.8. The molecule has 1 amide bonds. The molecule has 2 unspecified atom stereocenters. The minimum Gasteiger partial charge on any atom is -0.507 e. The van der Waals surface area contributed by atoms with Crippen LogP contribution in [0, 0.1) is 17.8 Å². The number of rotatable bonds is 5. The van der Waals surface area contributed by atoms with E-state index in [2.05, 4.69) is 4.90 Å². The van der Waals surface area contributed by atoms with Crippen molar-refractivity contribution in [2.45, 2.75) is 30.6 Å². The molecule has 12 nitrogen and oxygen atoms in total. The summed E-state index contributed by atoms with van der Waals surface area (Å²) < 4.78 is 0. The first-order chi connectivity index (χ1) is 18.8. The van der Waals surface area contributed by atoms with Crippen molar-refractivity contribution in [2.75, 3.05) is 53.9 Å². The molecule has 0 bridgehead atoms. The van der Waals surface area contributed by atoms with Crippen LogP contribution in [0.5, 0.6) is 5.75 Å². The zero-order valence-corrected chi connectivity index (χ0v) is 22.8. The molecule has 216 valence electrons. The average molecular weight is 557 g/mol. The molecule has 1 aromatic carbocycles. The Morgan fingerprint density at radius 3 is 2.38 bits per heavy atom.